The summed E-state index contributed by atoms with van der Waals surface area (Å²) in [4.78, 5) is 30.8. The highest BCUT2D eigenvalue weighted by atomic mass is 19.1. The maximum Gasteiger partial charge on any atom is 0.365 e. The standard InChI is InChI=1S/C30H26FN3O6/c1-30(2)15-22-26(27(39-33-22)17-10-11-24(35)25(14-17)38-3)23(16-30)34-40-29(37)19-7-5-9-21(13-19)32-28(36)18-6-4-8-20(31)12-18/h4-14,35H,15-16H2,1-3H3,(H,32,36)/b34-23+. The number of hydrogen-bond donors (Lipinski definition) is 2. The molecule has 0 radical (unpaired) electrons. The van der Waals surface area contributed by atoms with Crippen LogP contribution < -0.4 is 10.1 Å². The van der Waals surface area contributed by atoms with E-state index in [1.165, 1.54) is 43.5 Å². The molecule has 5 rings (SSSR count). The lowest BCUT2D eigenvalue weighted by molar-refractivity contribution is 0.0513. The molecular weight excluding hydrogens is 517 g/mol. The van der Waals surface area contributed by atoms with Crippen LogP contribution in [0.25, 0.3) is 11.3 Å². The van der Waals surface area contributed by atoms with Crippen molar-refractivity contribution in [3.8, 4) is 22.8 Å². The summed E-state index contributed by atoms with van der Waals surface area (Å²) in [6.07, 6.45) is 1.11. The van der Waals surface area contributed by atoms with Gasteiger partial charge in [0, 0.05) is 16.8 Å². The number of halogens is 1. The number of methoxy groups -OCH3 is 1. The Morgan fingerprint density at radius 2 is 1.82 bits per heavy atom. The molecule has 0 atom stereocenters. The number of anilines is 1. The van der Waals surface area contributed by atoms with Crippen molar-refractivity contribution in [2.75, 3.05) is 12.4 Å². The van der Waals surface area contributed by atoms with Crippen LogP contribution in [-0.2, 0) is 11.3 Å². The minimum atomic E-state index is -0.733. The molecule has 3 aromatic carbocycles. The van der Waals surface area contributed by atoms with E-state index in [4.69, 9.17) is 14.1 Å². The van der Waals surface area contributed by atoms with Gasteiger partial charge in [-0.15, -0.1) is 0 Å². The Balaban J connectivity index is 1.40. The number of rotatable bonds is 6. The first-order valence-electron chi connectivity index (χ1n) is 12.4. The van der Waals surface area contributed by atoms with Crippen LogP contribution in [0.15, 0.2) is 76.4 Å². The van der Waals surface area contributed by atoms with Crippen LogP contribution in [0.3, 0.4) is 0 Å². The number of aromatic hydroxyl groups is 1. The third kappa shape index (κ3) is 5.56. The first kappa shape index (κ1) is 26.6. The molecule has 1 heterocycles. The second-order valence-corrected chi connectivity index (χ2v) is 10.2. The zero-order valence-electron chi connectivity index (χ0n) is 22.0. The van der Waals surface area contributed by atoms with Crippen molar-refractivity contribution in [1.29, 1.82) is 0 Å². The number of carbonyl (C=O) groups excluding carboxylic acids is 2. The van der Waals surface area contributed by atoms with Crippen molar-refractivity contribution < 1.29 is 33.2 Å². The zero-order valence-corrected chi connectivity index (χ0v) is 22.0. The lowest BCUT2D eigenvalue weighted by atomic mass is 9.75. The van der Waals surface area contributed by atoms with Gasteiger partial charge in [-0.3, -0.25) is 4.79 Å². The maximum atomic E-state index is 13.5. The Morgan fingerprint density at radius 3 is 2.60 bits per heavy atom. The molecule has 0 saturated carbocycles. The molecular formula is C30H26FN3O6. The number of aromatic nitrogens is 1. The maximum absolute atomic E-state index is 13.5. The molecule has 0 saturated heterocycles. The van der Waals surface area contributed by atoms with E-state index in [1.54, 1.807) is 24.3 Å². The smallest absolute Gasteiger partial charge is 0.365 e. The molecule has 0 bridgehead atoms. The summed E-state index contributed by atoms with van der Waals surface area (Å²) in [6.45, 7) is 4.10. The van der Waals surface area contributed by atoms with Gasteiger partial charge in [-0.2, -0.15) is 0 Å². The molecule has 0 fully saturated rings. The van der Waals surface area contributed by atoms with Gasteiger partial charge in [-0.25, -0.2) is 9.18 Å². The van der Waals surface area contributed by atoms with Gasteiger partial charge in [-0.05, 0) is 72.9 Å². The van der Waals surface area contributed by atoms with Crippen LogP contribution in [-0.4, -0.2) is 35.0 Å². The van der Waals surface area contributed by atoms with Gasteiger partial charge < -0.3 is 24.5 Å². The molecule has 0 aliphatic heterocycles. The highest BCUT2D eigenvalue weighted by molar-refractivity contribution is 6.07. The van der Waals surface area contributed by atoms with Gasteiger partial charge in [0.25, 0.3) is 5.91 Å². The predicted octanol–water partition coefficient (Wildman–Crippen LogP) is 5.98. The van der Waals surface area contributed by atoms with Gasteiger partial charge in [0.1, 0.15) is 5.82 Å². The molecule has 1 amide bonds. The summed E-state index contributed by atoms with van der Waals surface area (Å²) in [5.74, 6) is -1.11. The van der Waals surface area contributed by atoms with E-state index in [0.717, 1.165) is 6.07 Å². The van der Waals surface area contributed by atoms with Crippen LogP contribution >= 0.6 is 0 Å². The number of nitrogens with zero attached hydrogens (tertiary/aromatic N) is 2. The second-order valence-electron chi connectivity index (χ2n) is 10.2. The first-order chi connectivity index (χ1) is 19.1. The van der Waals surface area contributed by atoms with E-state index in [-0.39, 0.29) is 28.0 Å². The number of hydrogen-bond acceptors (Lipinski definition) is 8. The van der Waals surface area contributed by atoms with Crippen molar-refractivity contribution in [2.24, 2.45) is 10.6 Å². The summed E-state index contributed by atoms with van der Waals surface area (Å²) < 4.78 is 24.4. The quantitative estimate of drug-likeness (QED) is 0.226. The van der Waals surface area contributed by atoms with Gasteiger partial charge in [0.2, 0.25) is 0 Å². The normalized spacial score (nSPS) is 14.8. The fraction of sp³-hybridized carbons (Fsp3) is 0.200. The van der Waals surface area contributed by atoms with Gasteiger partial charge in [-0.1, -0.05) is 36.3 Å². The Kier molecular flexibility index (Phi) is 7.08. The number of amides is 1. The molecule has 10 heteroatoms. The molecule has 0 unspecified atom stereocenters. The molecule has 0 spiro atoms. The molecule has 1 aromatic heterocycles. The second kappa shape index (κ2) is 10.6. The highest BCUT2D eigenvalue weighted by Crippen LogP contribution is 2.41. The van der Waals surface area contributed by atoms with Crippen molar-refractivity contribution in [2.45, 2.75) is 26.7 Å². The van der Waals surface area contributed by atoms with E-state index in [2.05, 4.69) is 29.5 Å². The number of phenolic OH excluding ortho intramolecular Hbond substituents is 1. The van der Waals surface area contributed by atoms with Crippen molar-refractivity contribution in [3.63, 3.8) is 0 Å². The average molecular weight is 544 g/mol. The molecule has 2 N–H and O–H groups in total. The third-order valence-electron chi connectivity index (χ3n) is 6.47. The summed E-state index contributed by atoms with van der Waals surface area (Å²) in [5.41, 5.74) is 2.81. The van der Waals surface area contributed by atoms with Crippen LogP contribution in [0.4, 0.5) is 10.1 Å². The predicted molar refractivity (Wildman–Crippen MR) is 145 cm³/mol. The molecule has 204 valence electrons. The first-order valence-corrected chi connectivity index (χ1v) is 12.4. The monoisotopic (exact) mass is 543 g/mol. The number of oxime groups is 1. The Labute approximate surface area is 229 Å². The number of fused-ring (bicyclic) bond motifs is 1. The summed E-state index contributed by atoms with van der Waals surface area (Å²) in [5, 5.41) is 21.1. The third-order valence-corrected chi connectivity index (χ3v) is 6.47. The molecule has 40 heavy (non-hydrogen) atoms. The van der Waals surface area contributed by atoms with Gasteiger partial charge in [0.15, 0.2) is 17.3 Å². The van der Waals surface area contributed by atoms with Crippen LogP contribution in [0.1, 0.15) is 52.2 Å². The number of phenols is 1. The lowest BCUT2D eigenvalue weighted by Gasteiger charge is -2.28. The number of nitrogens with one attached hydrogen (secondary N) is 1. The largest absolute Gasteiger partial charge is 0.504 e. The van der Waals surface area contributed by atoms with E-state index in [0.29, 0.717) is 46.8 Å². The van der Waals surface area contributed by atoms with E-state index < -0.39 is 17.7 Å². The number of benzene rings is 3. The SMILES string of the molecule is COc1cc(-c2onc3c2/C(=N/OC(=O)c2cccc(NC(=O)c4cccc(F)c4)c2)CC(C)(C)C3)ccc1O. The summed E-state index contributed by atoms with van der Waals surface area (Å²) in [7, 11) is 1.45. The van der Waals surface area contributed by atoms with Crippen molar-refractivity contribution >= 4 is 23.3 Å². The average Bonchev–Trinajstić information content (AvgIpc) is 3.34. The Morgan fingerprint density at radius 1 is 1.05 bits per heavy atom. The van der Waals surface area contributed by atoms with E-state index in [1.807, 2.05) is 0 Å². The van der Waals surface area contributed by atoms with Crippen LogP contribution in [0.5, 0.6) is 11.5 Å². The molecule has 1 aliphatic carbocycles. The van der Waals surface area contributed by atoms with Crippen molar-refractivity contribution in [1.82, 2.24) is 5.16 Å². The van der Waals surface area contributed by atoms with E-state index >= 15 is 0 Å². The fourth-order valence-corrected chi connectivity index (χ4v) is 4.60. The molecule has 1 aliphatic rings. The lowest BCUT2D eigenvalue weighted by Crippen LogP contribution is -2.27. The molecule has 4 aromatic rings. The summed E-state index contributed by atoms with van der Waals surface area (Å²) in [6, 6.07) is 16.3. The Hall–Kier alpha value is -4.99. The van der Waals surface area contributed by atoms with Crippen LogP contribution in [0, 0.1) is 11.2 Å². The Bertz CT molecular complexity index is 1640. The minimum absolute atomic E-state index is 0.0158. The number of carbonyl (C=O) groups is 2. The minimum Gasteiger partial charge on any atom is -0.504 e. The number of ether oxygens (including phenoxy) is 1. The molecule has 9 nitrogen and oxygen atoms in total. The van der Waals surface area contributed by atoms with Crippen LogP contribution in [0.2, 0.25) is 0 Å². The van der Waals surface area contributed by atoms with E-state index in [9.17, 15) is 19.1 Å². The topological polar surface area (TPSA) is 123 Å². The summed E-state index contributed by atoms with van der Waals surface area (Å²) >= 11 is 0. The fourth-order valence-electron chi connectivity index (χ4n) is 4.60. The van der Waals surface area contributed by atoms with Gasteiger partial charge >= 0.3 is 5.97 Å². The van der Waals surface area contributed by atoms with Gasteiger partial charge in [0.05, 0.1) is 29.6 Å². The zero-order chi connectivity index (χ0) is 28.4. The van der Waals surface area contributed by atoms with Crippen molar-refractivity contribution in [3.05, 3.63) is 94.9 Å². The highest BCUT2D eigenvalue weighted by Gasteiger charge is 2.36.